The van der Waals surface area contributed by atoms with Crippen LogP contribution in [0.3, 0.4) is 0 Å². The zero-order chi connectivity index (χ0) is 12.7. The number of ether oxygens (including phenoxy) is 3. The zero-order valence-electron chi connectivity index (χ0n) is 9.24. The molecule has 1 aromatic carbocycles. The van der Waals surface area contributed by atoms with Crippen molar-refractivity contribution in [3.63, 3.8) is 0 Å². The van der Waals surface area contributed by atoms with Gasteiger partial charge < -0.3 is 14.2 Å². The number of carbonyl (C=O) groups is 1. The van der Waals surface area contributed by atoms with Crippen molar-refractivity contribution in [1.29, 1.82) is 0 Å². The molecule has 1 rings (SSSR count). The molecule has 17 heavy (non-hydrogen) atoms. The van der Waals surface area contributed by atoms with E-state index in [1.807, 2.05) is 0 Å². The van der Waals surface area contributed by atoms with E-state index in [4.69, 9.17) is 25.8 Å². The van der Waals surface area contributed by atoms with Crippen LogP contribution in [0.5, 0.6) is 5.75 Å². The molecule has 0 aliphatic carbocycles. The highest BCUT2D eigenvalue weighted by Gasteiger charge is 2.09. The van der Waals surface area contributed by atoms with Crippen molar-refractivity contribution < 1.29 is 19.0 Å². The maximum atomic E-state index is 10.9. The molecule has 0 N–H and O–H groups in total. The van der Waals surface area contributed by atoms with Crippen molar-refractivity contribution in [2.24, 2.45) is 0 Å². The third-order valence-corrected chi connectivity index (χ3v) is 2.90. The lowest BCUT2D eigenvalue weighted by atomic mass is 10.2. The van der Waals surface area contributed by atoms with Gasteiger partial charge in [0.25, 0.3) is 0 Å². The molecule has 0 aliphatic heterocycles. The molecule has 0 atom stereocenters. The summed E-state index contributed by atoms with van der Waals surface area (Å²) in [6.07, 6.45) is 0.707. The van der Waals surface area contributed by atoms with Gasteiger partial charge >= 0.3 is 0 Å². The quantitative estimate of drug-likeness (QED) is 0.320. The molecule has 0 spiro atoms. The Balaban J connectivity index is 2.60. The third kappa shape index (κ3) is 4.79. The van der Waals surface area contributed by atoms with Crippen molar-refractivity contribution in [3.05, 3.63) is 26.3 Å². The SMILES string of the molecule is COCCOCOc1c(I)cc(Cl)cc1C=O. The first-order valence-electron chi connectivity index (χ1n) is 4.82. The lowest BCUT2D eigenvalue weighted by Crippen LogP contribution is -2.09. The molecular formula is C11H12ClIO4. The molecule has 94 valence electrons. The van der Waals surface area contributed by atoms with Crippen LogP contribution in [-0.2, 0) is 9.47 Å². The molecule has 0 saturated carbocycles. The van der Waals surface area contributed by atoms with Gasteiger partial charge in [0.05, 0.1) is 22.3 Å². The van der Waals surface area contributed by atoms with E-state index in [2.05, 4.69) is 22.6 Å². The van der Waals surface area contributed by atoms with Crippen molar-refractivity contribution in [1.82, 2.24) is 0 Å². The molecule has 0 aromatic heterocycles. The van der Waals surface area contributed by atoms with E-state index < -0.39 is 0 Å². The highest BCUT2D eigenvalue weighted by molar-refractivity contribution is 14.1. The van der Waals surface area contributed by atoms with Crippen LogP contribution in [0.15, 0.2) is 12.1 Å². The van der Waals surface area contributed by atoms with E-state index in [1.54, 1.807) is 19.2 Å². The Bertz CT molecular complexity index is 384. The van der Waals surface area contributed by atoms with Crippen LogP contribution < -0.4 is 4.74 Å². The van der Waals surface area contributed by atoms with Crippen molar-refractivity contribution in [3.8, 4) is 5.75 Å². The molecular weight excluding hydrogens is 358 g/mol. The monoisotopic (exact) mass is 370 g/mol. The minimum absolute atomic E-state index is 0.0713. The zero-order valence-corrected chi connectivity index (χ0v) is 12.2. The van der Waals surface area contributed by atoms with Crippen LogP contribution in [0.4, 0.5) is 0 Å². The summed E-state index contributed by atoms with van der Waals surface area (Å²) in [7, 11) is 1.59. The van der Waals surface area contributed by atoms with Crippen molar-refractivity contribution >= 4 is 40.5 Å². The first-order valence-corrected chi connectivity index (χ1v) is 6.28. The van der Waals surface area contributed by atoms with Gasteiger partial charge in [0.15, 0.2) is 13.1 Å². The average molecular weight is 371 g/mol. The smallest absolute Gasteiger partial charge is 0.189 e. The first-order chi connectivity index (χ1) is 8.19. The van der Waals surface area contributed by atoms with Gasteiger partial charge in [-0.3, -0.25) is 4.79 Å². The average Bonchev–Trinajstić information content (AvgIpc) is 2.30. The number of carbonyl (C=O) groups excluding carboxylic acids is 1. The second-order valence-corrected chi connectivity index (χ2v) is 4.69. The van der Waals surface area contributed by atoms with Gasteiger partial charge in [-0.15, -0.1) is 0 Å². The fourth-order valence-corrected chi connectivity index (χ4v) is 2.34. The summed E-state index contributed by atoms with van der Waals surface area (Å²) in [6.45, 7) is 1.01. The minimum Gasteiger partial charge on any atom is -0.466 e. The fraction of sp³-hybridized carbons (Fsp3) is 0.364. The molecule has 0 unspecified atom stereocenters. The Labute approximate surface area is 118 Å². The second-order valence-electron chi connectivity index (χ2n) is 3.09. The largest absolute Gasteiger partial charge is 0.466 e. The summed E-state index contributed by atoms with van der Waals surface area (Å²) >= 11 is 7.89. The lowest BCUT2D eigenvalue weighted by molar-refractivity contribution is -0.00904. The highest BCUT2D eigenvalue weighted by Crippen LogP contribution is 2.28. The van der Waals surface area contributed by atoms with Crippen LogP contribution in [-0.4, -0.2) is 33.4 Å². The Morgan fingerprint density at radius 1 is 1.41 bits per heavy atom. The van der Waals surface area contributed by atoms with E-state index in [0.717, 1.165) is 3.57 Å². The molecule has 0 bridgehead atoms. The summed E-state index contributed by atoms with van der Waals surface area (Å²) in [4.78, 5) is 10.9. The summed E-state index contributed by atoms with van der Waals surface area (Å²) in [5, 5.41) is 0.504. The number of rotatable bonds is 7. The number of hydrogen-bond acceptors (Lipinski definition) is 4. The number of methoxy groups -OCH3 is 1. The normalized spacial score (nSPS) is 10.3. The molecule has 4 nitrogen and oxygen atoms in total. The van der Waals surface area contributed by atoms with Crippen LogP contribution in [0, 0.1) is 3.57 Å². The molecule has 0 amide bonds. The van der Waals surface area contributed by atoms with Gasteiger partial charge in [-0.25, -0.2) is 0 Å². The number of benzene rings is 1. The molecule has 0 aliphatic rings. The Hall–Kier alpha value is -0.370. The molecule has 1 aromatic rings. The Morgan fingerprint density at radius 3 is 2.82 bits per heavy atom. The lowest BCUT2D eigenvalue weighted by Gasteiger charge is -2.11. The van der Waals surface area contributed by atoms with Gasteiger partial charge in [0.1, 0.15) is 5.75 Å². The van der Waals surface area contributed by atoms with Gasteiger partial charge in [-0.1, -0.05) is 11.6 Å². The number of hydrogen-bond donors (Lipinski definition) is 0. The summed E-state index contributed by atoms with van der Waals surface area (Å²) < 4.78 is 16.1. The topological polar surface area (TPSA) is 44.8 Å². The molecule has 0 heterocycles. The standard InChI is InChI=1S/C11H12ClIO4/c1-15-2-3-16-7-17-11-8(6-14)4-9(12)5-10(11)13/h4-6H,2-3,7H2,1H3. The first kappa shape index (κ1) is 14.7. The molecule has 0 radical (unpaired) electrons. The van der Waals surface area contributed by atoms with Gasteiger partial charge in [0, 0.05) is 12.1 Å². The summed E-state index contributed by atoms with van der Waals surface area (Å²) in [6, 6.07) is 3.28. The Morgan fingerprint density at radius 2 is 2.18 bits per heavy atom. The summed E-state index contributed by atoms with van der Waals surface area (Å²) in [5.41, 5.74) is 0.414. The van der Waals surface area contributed by atoms with E-state index in [0.29, 0.717) is 35.8 Å². The Kier molecular flexibility index (Phi) is 6.79. The van der Waals surface area contributed by atoms with Crippen LogP contribution >= 0.6 is 34.2 Å². The number of aldehydes is 1. The third-order valence-electron chi connectivity index (χ3n) is 1.88. The number of halogens is 2. The van der Waals surface area contributed by atoms with Crippen molar-refractivity contribution in [2.45, 2.75) is 0 Å². The predicted molar refractivity (Wildman–Crippen MR) is 72.9 cm³/mol. The van der Waals surface area contributed by atoms with E-state index in [-0.39, 0.29) is 6.79 Å². The maximum absolute atomic E-state index is 10.9. The van der Waals surface area contributed by atoms with Crippen LogP contribution in [0.2, 0.25) is 5.02 Å². The summed E-state index contributed by atoms with van der Waals surface area (Å²) in [5.74, 6) is 0.488. The maximum Gasteiger partial charge on any atom is 0.189 e. The second kappa shape index (κ2) is 7.86. The highest BCUT2D eigenvalue weighted by atomic mass is 127. The molecule has 6 heteroatoms. The van der Waals surface area contributed by atoms with Gasteiger partial charge in [0.2, 0.25) is 0 Å². The van der Waals surface area contributed by atoms with E-state index in [9.17, 15) is 4.79 Å². The van der Waals surface area contributed by atoms with Crippen LogP contribution in [0.1, 0.15) is 10.4 Å². The van der Waals surface area contributed by atoms with Gasteiger partial charge in [-0.05, 0) is 34.7 Å². The van der Waals surface area contributed by atoms with E-state index in [1.165, 1.54) is 0 Å². The van der Waals surface area contributed by atoms with Crippen molar-refractivity contribution in [2.75, 3.05) is 27.1 Å². The molecule has 0 fully saturated rings. The predicted octanol–water partition coefficient (Wildman–Crippen LogP) is 2.76. The fourth-order valence-electron chi connectivity index (χ4n) is 1.12. The van der Waals surface area contributed by atoms with Gasteiger partial charge in [-0.2, -0.15) is 0 Å². The molecule has 0 saturated heterocycles. The minimum atomic E-state index is 0.0713. The van der Waals surface area contributed by atoms with Crippen LogP contribution in [0.25, 0.3) is 0 Å². The van der Waals surface area contributed by atoms with E-state index >= 15 is 0 Å².